The van der Waals surface area contributed by atoms with Gasteiger partial charge in [0.2, 0.25) is 0 Å². The summed E-state index contributed by atoms with van der Waals surface area (Å²) in [6.07, 6.45) is 1.72. The first-order valence-electron chi connectivity index (χ1n) is 6.82. The third kappa shape index (κ3) is 2.70. The second kappa shape index (κ2) is 5.64. The molecule has 0 aliphatic rings. The van der Waals surface area contributed by atoms with E-state index in [-0.39, 0.29) is 0 Å². The van der Waals surface area contributed by atoms with Crippen molar-refractivity contribution in [3.05, 3.63) is 71.9 Å². The molecule has 21 heavy (non-hydrogen) atoms. The molecule has 0 amide bonds. The molecule has 3 heteroatoms. The fraction of sp³-hybridized carbons (Fsp3) is 0.111. The molecule has 0 unspecified atom stereocenters. The molecule has 0 atom stereocenters. The largest absolute Gasteiger partial charge is 0.354 e. The van der Waals surface area contributed by atoms with Crippen LogP contribution in [0.25, 0.3) is 10.8 Å². The molecule has 0 fully saturated rings. The van der Waals surface area contributed by atoms with Gasteiger partial charge in [0.15, 0.2) is 0 Å². The lowest BCUT2D eigenvalue weighted by molar-refractivity contribution is 0.896. The second-order valence-electron chi connectivity index (χ2n) is 5.02. The zero-order valence-electron chi connectivity index (χ0n) is 11.8. The first-order chi connectivity index (χ1) is 10.3. The van der Waals surface area contributed by atoms with Gasteiger partial charge in [-0.05, 0) is 34.5 Å². The third-order valence-corrected chi connectivity index (χ3v) is 3.50. The Labute approximate surface area is 124 Å². The van der Waals surface area contributed by atoms with Crippen molar-refractivity contribution in [3.8, 4) is 6.07 Å². The van der Waals surface area contributed by atoms with Gasteiger partial charge in [0.25, 0.3) is 0 Å². The summed E-state index contributed by atoms with van der Waals surface area (Å²) in [4.78, 5) is 6.31. The van der Waals surface area contributed by atoms with Crippen molar-refractivity contribution in [2.45, 2.75) is 6.54 Å². The van der Waals surface area contributed by atoms with E-state index in [0.29, 0.717) is 11.4 Å². The summed E-state index contributed by atoms with van der Waals surface area (Å²) < 4.78 is 0. The minimum Gasteiger partial charge on any atom is -0.354 e. The van der Waals surface area contributed by atoms with Crippen LogP contribution in [0.3, 0.4) is 0 Å². The first kappa shape index (κ1) is 13.1. The maximum atomic E-state index is 9.16. The number of rotatable bonds is 3. The summed E-state index contributed by atoms with van der Waals surface area (Å²) >= 11 is 0. The van der Waals surface area contributed by atoms with Crippen LogP contribution in [-0.2, 0) is 6.54 Å². The average Bonchev–Trinajstić information content (AvgIpc) is 2.54. The smallest absolute Gasteiger partial charge is 0.146 e. The van der Waals surface area contributed by atoms with Crippen molar-refractivity contribution in [1.29, 1.82) is 5.26 Å². The van der Waals surface area contributed by atoms with E-state index >= 15 is 0 Å². The molecule has 1 aromatic heterocycles. The van der Waals surface area contributed by atoms with E-state index in [0.717, 1.165) is 6.54 Å². The van der Waals surface area contributed by atoms with E-state index in [4.69, 9.17) is 5.26 Å². The minimum atomic E-state index is 0.598. The van der Waals surface area contributed by atoms with E-state index in [1.165, 1.54) is 16.3 Å². The van der Waals surface area contributed by atoms with E-state index < -0.39 is 0 Å². The number of nitrogens with zero attached hydrogens (tertiary/aromatic N) is 3. The van der Waals surface area contributed by atoms with Gasteiger partial charge in [-0.25, -0.2) is 4.98 Å². The standard InChI is InChI=1S/C18H15N3/c1-21(18-17(12-19)7-4-10-20-18)13-14-8-9-15-5-2-3-6-16(15)11-14/h2-11H,13H2,1H3. The normalized spacial score (nSPS) is 10.3. The van der Waals surface area contributed by atoms with Crippen LogP contribution in [-0.4, -0.2) is 12.0 Å². The molecule has 3 nitrogen and oxygen atoms in total. The Hall–Kier alpha value is -2.86. The Morgan fingerprint density at radius 1 is 1.05 bits per heavy atom. The first-order valence-corrected chi connectivity index (χ1v) is 6.82. The monoisotopic (exact) mass is 273 g/mol. The molecular weight excluding hydrogens is 258 g/mol. The predicted molar refractivity (Wildman–Crippen MR) is 85.0 cm³/mol. The van der Waals surface area contributed by atoms with E-state index in [1.54, 1.807) is 18.3 Å². The SMILES string of the molecule is CN(Cc1ccc2ccccc2c1)c1ncccc1C#N. The van der Waals surface area contributed by atoms with Crippen LogP contribution in [0, 0.1) is 11.3 Å². The fourth-order valence-corrected chi connectivity index (χ4v) is 2.47. The van der Waals surface area contributed by atoms with Crippen LogP contribution in [0.15, 0.2) is 60.8 Å². The Morgan fingerprint density at radius 3 is 2.67 bits per heavy atom. The number of anilines is 1. The van der Waals surface area contributed by atoms with Crippen molar-refractivity contribution in [2.75, 3.05) is 11.9 Å². The topological polar surface area (TPSA) is 39.9 Å². The zero-order valence-corrected chi connectivity index (χ0v) is 11.8. The van der Waals surface area contributed by atoms with Crippen LogP contribution in [0.2, 0.25) is 0 Å². The lowest BCUT2D eigenvalue weighted by Crippen LogP contribution is -2.18. The molecule has 0 saturated heterocycles. The molecule has 0 aliphatic carbocycles. The molecule has 0 spiro atoms. The van der Waals surface area contributed by atoms with Crippen LogP contribution in [0.1, 0.15) is 11.1 Å². The molecule has 3 rings (SSSR count). The van der Waals surface area contributed by atoms with Gasteiger partial charge in [0.05, 0.1) is 5.56 Å². The summed E-state index contributed by atoms with van der Waals surface area (Å²) in [7, 11) is 1.96. The molecule has 1 heterocycles. The number of fused-ring (bicyclic) bond motifs is 1. The number of hydrogen-bond donors (Lipinski definition) is 0. The number of pyridine rings is 1. The summed E-state index contributed by atoms with van der Waals surface area (Å²) in [5, 5.41) is 11.6. The maximum absolute atomic E-state index is 9.16. The molecule has 0 N–H and O–H groups in total. The molecule has 0 bridgehead atoms. The average molecular weight is 273 g/mol. The van der Waals surface area contributed by atoms with Gasteiger partial charge in [-0.15, -0.1) is 0 Å². The highest BCUT2D eigenvalue weighted by atomic mass is 15.2. The maximum Gasteiger partial charge on any atom is 0.146 e. The highest BCUT2D eigenvalue weighted by molar-refractivity contribution is 5.83. The highest BCUT2D eigenvalue weighted by Crippen LogP contribution is 2.20. The Kier molecular flexibility index (Phi) is 3.53. The Balaban J connectivity index is 1.89. The molecule has 0 aliphatic heterocycles. The molecule has 102 valence electrons. The van der Waals surface area contributed by atoms with Gasteiger partial charge in [-0.3, -0.25) is 0 Å². The number of nitriles is 1. The highest BCUT2D eigenvalue weighted by Gasteiger charge is 2.09. The lowest BCUT2D eigenvalue weighted by atomic mass is 10.1. The summed E-state index contributed by atoms with van der Waals surface area (Å²) in [5.41, 5.74) is 1.80. The van der Waals surface area contributed by atoms with Gasteiger partial charge in [-0.2, -0.15) is 5.26 Å². The molecular formula is C18H15N3. The number of benzene rings is 2. The number of aromatic nitrogens is 1. The molecule has 2 aromatic carbocycles. The number of hydrogen-bond acceptors (Lipinski definition) is 3. The van der Waals surface area contributed by atoms with E-state index in [2.05, 4.69) is 41.4 Å². The molecule has 0 radical (unpaired) electrons. The van der Waals surface area contributed by atoms with Crippen LogP contribution >= 0.6 is 0 Å². The van der Waals surface area contributed by atoms with Gasteiger partial charge < -0.3 is 4.90 Å². The van der Waals surface area contributed by atoms with Gasteiger partial charge >= 0.3 is 0 Å². The van der Waals surface area contributed by atoms with Crippen LogP contribution in [0.5, 0.6) is 0 Å². The Morgan fingerprint density at radius 2 is 1.86 bits per heavy atom. The quantitative estimate of drug-likeness (QED) is 0.729. The minimum absolute atomic E-state index is 0.598. The van der Waals surface area contributed by atoms with E-state index in [9.17, 15) is 0 Å². The van der Waals surface area contributed by atoms with Crippen LogP contribution < -0.4 is 4.90 Å². The summed E-state index contributed by atoms with van der Waals surface area (Å²) in [6, 6.07) is 20.5. The van der Waals surface area contributed by atoms with Crippen molar-refractivity contribution < 1.29 is 0 Å². The molecule has 3 aromatic rings. The lowest BCUT2D eigenvalue weighted by Gasteiger charge is -2.19. The fourth-order valence-electron chi connectivity index (χ4n) is 2.47. The molecule has 0 saturated carbocycles. The van der Waals surface area contributed by atoms with E-state index in [1.807, 2.05) is 24.1 Å². The third-order valence-electron chi connectivity index (χ3n) is 3.50. The van der Waals surface area contributed by atoms with Gasteiger partial charge in [0.1, 0.15) is 11.9 Å². The summed E-state index contributed by atoms with van der Waals surface area (Å²) in [5.74, 6) is 0.716. The van der Waals surface area contributed by atoms with Crippen molar-refractivity contribution in [1.82, 2.24) is 4.98 Å². The Bertz CT molecular complexity index is 818. The van der Waals surface area contributed by atoms with Crippen molar-refractivity contribution in [3.63, 3.8) is 0 Å². The predicted octanol–water partition coefficient (Wildman–Crippen LogP) is 3.74. The second-order valence-corrected chi connectivity index (χ2v) is 5.02. The van der Waals surface area contributed by atoms with Crippen molar-refractivity contribution >= 4 is 16.6 Å². The zero-order chi connectivity index (χ0) is 14.7. The van der Waals surface area contributed by atoms with Crippen LogP contribution in [0.4, 0.5) is 5.82 Å². The van der Waals surface area contributed by atoms with Crippen molar-refractivity contribution in [2.24, 2.45) is 0 Å². The van der Waals surface area contributed by atoms with Gasteiger partial charge in [-0.1, -0.05) is 36.4 Å². The summed E-state index contributed by atoms with van der Waals surface area (Å²) in [6.45, 7) is 0.719. The van der Waals surface area contributed by atoms with Gasteiger partial charge in [0, 0.05) is 19.8 Å².